The summed E-state index contributed by atoms with van der Waals surface area (Å²) in [5, 5.41) is 4.66. The minimum absolute atomic E-state index is 0.0443. The third-order valence-corrected chi connectivity index (χ3v) is 5.96. The average molecular weight is 356 g/mol. The summed E-state index contributed by atoms with van der Waals surface area (Å²) in [5.74, 6) is 0.716. The first-order valence-corrected chi connectivity index (χ1v) is 9.61. The van der Waals surface area contributed by atoms with Crippen molar-refractivity contribution >= 4 is 0 Å². The van der Waals surface area contributed by atoms with Crippen LogP contribution >= 0.6 is 0 Å². The van der Waals surface area contributed by atoms with Crippen LogP contribution in [0.3, 0.4) is 0 Å². The molecule has 2 aromatic rings. The van der Waals surface area contributed by atoms with E-state index in [1.54, 1.807) is 6.20 Å². The monoisotopic (exact) mass is 356 g/mol. The second-order valence-corrected chi connectivity index (χ2v) is 7.35. The summed E-state index contributed by atoms with van der Waals surface area (Å²) in [7, 11) is 1.86. The molecule has 2 aromatic heterocycles. The fourth-order valence-corrected chi connectivity index (χ4v) is 4.51. The smallest absolute Gasteiger partial charge is 0.213 e. The van der Waals surface area contributed by atoms with E-state index in [9.17, 15) is 0 Å². The number of hydrogen-bond acceptors (Lipinski definition) is 5. The maximum absolute atomic E-state index is 6.16. The van der Waals surface area contributed by atoms with E-state index in [2.05, 4.69) is 34.2 Å². The molecular weight excluding hydrogens is 328 g/mol. The molecule has 3 heterocycles. The molecule has 2 aliphatic rings. The van der Waals surface area contributed by atoms with E-state index < -0.39 is 0 Å². The largest absolute Gasteiger partial charge is 0.474 e. The van der Waals surface area contributed by atoms with Crippen LogP contribution in [0, 0.1) is 0 Å². The Balaban J connectivity index is 1.47. The van der Waals surface area contributed by atoms with Crippen molar-refractivity contribution in [2.45, 2.75) is 63.4 Å². The molecule has 0 bridgehead atoms. The van der Waals surface area contributed by atoms with Gasteiger partial charge in [-0.05, 0) is 38.3 Å². The quantitative estimate of drug-likeness (QED) is 0.797. The van der Waals surface area contributed by atoms with Gasteiger partial charge < -0.3 is 9.47 Å². The molecule has 0 radical (unpaired) electrons. The topological polar surface area (TPSA) is 52.4 Å². The molecule has 140 valence electrons. The van der Waals surface area contributed by atoms with Crippen LogP contribution in [-0.4, -0.2) is 51.1 Å². The lowest BCUT2D eigenvalue weighted by molar-refractivity contribution is -0.0844. The Labute approximate surface area is 155 Å². The van der Waals surface area contributed by atoms with E-state index in [4.69, 9.17) is 9.47 Å². The van der Waals surface area contributed by atoms with Crippen molar-refractivity contribution in [1.29, 1.82) is 0 Å². The standard InChI is InChI=1S/C20H28N4O2/c1-3-24-12-8-16(22-24)15-23-13-10-20(25-2)9-7-17(14-18(20)23)26-19-6-4-5-11-21-19/h4-6,8,11-12,17-18H,3,7,9-10,13-15H2,1-2H3. The van der Waals surface area contributed by atoms with Crippen molar-refractivity contribution in [3.8, 4) is 5.88 Å². The van der Waals surface area contributed by atoms with Gasteiger partial charge in [0.1, 0.15) is 6.10 Å². The number of likely N-dealkylation sites (tertiary alicyclic amines) is 1. The van der Waals surface area contributed by atoms with Crippen molar-refractivity contribution in [1.82, 2.24) is 19.7 Å². The average Bonchev–Trinajstić information content (AvgIpc) is 3.28. The molecule has 1 aliphatic heterocycles. The summed E-state index contributed by atoms with van der Waals surface area (Å²) in [6.07, 6.45) is 8.13. The first kappa shape index (κ1) is 17.5. The van der Waals surface area contributed by atoms with Gasteiger partial charge in [0.15, 0.2) is 0 Å². The summed E-state index contributed by atoms with van der Waals surface area (Å²) in [6.45, 7) is 4.95. The molecule has 3 unspecified atom stereocenters. The maximum Gasteiger partial charge on any atom is 0.213 e. The fourth-order valence-electron chi connectivity index (χ4n) is 4.51. The SMILES string of the molecule is CCn1ccc(CN2CCC3(OC)CCC(Oc4ccccn4)CC23)n1. The molecule has 6 heteroatoms. The molecule has 1 aliphatic carbocycles. The summed E-state index contributed by atoms with van der Waals surface area (Å²) in [6, 6.07) is 8.30. The second kappa shape index (κ2) is 7.37. The summed E-state index contributed by atoms with van der Waals surface area (Å²) < 4.78 is 14.2. The number of nitrogens with zero attached hydrogens (tertiary/aromatic N) is 4. The van der Waals surface area contributed by atoms with Gasteiger partial charge in [-0.2, -0.15) is 5.10 Å². The lowest BCUT2D eigenvalue weighted by atomic mass is 9.79. The van der Waals surface area contributed by atoms with Crippen molar-refractivity contribution in [3.63, 3.8) is 0 Å². The van der Waals surface area contributed by atoms with E-state index in [0.29, 0.717) is 11.9 Å². The number of methoxy groups -OCH3 is 1. The van der Waals surface area contributed by atoms with Crippen LogP contribution in [0.25, 0.3) is 0 Å². The Kier molecular flexibility index (Phi) is 4.96. The predicted molar refractivity (Wildman–Crippen MR) is 99.0 cm³/mol. The minimum atomic E-state index is -0.0443. The van der Waals surface area contributed by atoms with Crippen molar-refractivity contribution in [3.05, 3.63) is 42.4 Å². The Morgan fingerprint density at radius 2 is 2.19 bits per heavy atom. The third kappa shape index (κ3) is 3.35. The second-order valence-electron chi connectivity index (χ2n) is 7.35. The van der Waals surface area contributed by atoms with Gasteiger partial charge in [0.2, 0.25) is 5.88 Å². The van der Waals surface area contributed by atoms with Crippen molar-refractivity contribution in [2.24, 2.45) is 0 Å². The lowest BCUT2D eigenvalue weighted by Crippen LogP contribution is -2.52. The first-order chi connectivity index (χ1) is 12.7. The number of hydrogen-bond donors (Lipinski definition) is 0. The number of ether oxygens (including phenoxy) is 2. The van der Waals surface area contributed by atoms with Crippen molar-refractivity contribution < 1.29 is 9.47 Å². The highest BCUT2D eigenvalue weighted by Crippen LogP contribution is 2.43. The minimum Gasteiger partial charge on any atom is -0.474 e. The highest BCUT2D eigenvalue weighted by molar-refractivity contribution is 5.12. The van der Waals surface area contributed by atoms with Crippen LogP contribution < -0.4 is 4.74 Å². The predicted octanol–water partition coefficient (Wildman–Crippen LogP) is 2.89. The molecule has 2 fully saturated rings. The number of aryl methyl sites for hydroxylation is 1. The molecule has 3 atom stereocenters. The molecule has 6 nitrogen and oxygen atoms in total. The molecule has 1 saturated heterocycles. The summed E-state index contributed by atoms with van der Waals surface area (Å²) >= 11 is 0. The van der Waals surface area contributed by atoms with Gasteiger partial charge in [0.05, 0.1) is 11.3 Å². The van der Waals surface area contributed by atoms with Crippen LogP contribution in [0.5, 0.6) is 5.88 Å². The summed E-state index contributed by atoms with van der Waals surface area (Å²) in [5.41, 5.74) is 1.09. The van der Waals surface area contributed by atoms with E-state index in [1.807, 2.05) is 30.0 Å². The van der Waals surface area contributed by atoms with Crippen LogP contribution in [0.4, 0.5) is 0 Å². The zero-order valence-corrected chi connectivity index (χ0v) is 15.7. The van der Waals surface area contributed by atoms with Gasteiger partial charge in [-0.3, -0.25) is 9.58 Å². The molecule has 1 saturated carbocycles. The Hall–Kier alpha value is -1.92. The zero-order valence-electron chi connectivity index (χ0n) is 15.7. The van der Waals surface area contributed by atoms with Gasteiger partial charge >= 0.3 is 0 Å². The van der Waals surface area contributed by atoms with Crippen molar-refractivity contribution in [2.75, 3.05) is 13.7 Å². The zero-order chi connectivity index (χ0) is 18.0. The van der Waals surface area contributed by atoms with E-state index in [1.165, 1.54) is 0 Å². The van der Waals surface area contributed by atoms with Crippen LogP contribution in [-0.2, 0) is 17.8 Å². The first-order valence-electron chi connectivity index (χ1n) is 9.61. The summed E-state index contributed by atoms with van der Waals surface area (Å²) in [4.78, 5) is 6.84. The van der Waals surface area contributed by atoms with Crippen LogP contribution in [0.15, 0.2) is 36.7 Å². The Bertz CT molecular complexity index is 720. The number of aromatic nitrogens is 3. The van der Waals surface area contributed by atoms with Gasteiger partial charge in [0, 0.05) is 57.7 Å². The Morgan fingerprint density at radius 1 is 1.27 bits per heavy atom. The molecular formula is C20H28N4O2. The molecule has 4 rings (SSSR count). The number of rotatable bonds is 6. The Morgan fingerprint density at radius 3 is 2.92 bits per heavy atom. The van der Waals surface area contributed by atoms with Crippen LogP contribution in [0.2, 0.25) is 0 Å². The normalized spacial score (nSPS) is 28.8. The van der Waals surface area contributed by atoms with Crippen LogP contribution in [0.1, 0.15) is 38.3 Å². The van der Waals surface area contributed by atoms with Gasteiger partial charge in [-0.15, -0.1) is 0 Å². The number of fused-ring (bicyclic) bond motifs is 1. The highest BCUT2D eigenvalue weighted by atomic mass is 16.5. The lowest BCUT2D eigenvalue weighted by Gasteiger charge is -2.43. The van der Waals surface area contributed by atoms with E-state index >= 15 is 0 Å². The highest BCUT2D eigenvalue weighted by Gasteiger charge is 2.51. The number of pyridine rings is 1. The molecule has 26 heavy (non-hydrogen) atoms. The molecule has 0 spiro atoms. The third-order valence-electron chi connectivity index (χ3n) is 5.96. The molecule has 0 amide bonds. The fraction of sp³-hybridized carbons (Fsp3) is 0.600. The maximum atomic E-state index is 6.16. The van der Waals surface area contributed by atoms with E-state index in [-0.39, 0.29) is 11.7 Å². The van der Waals surface area contributed by atoms with E-state index in [0.717, 1.165) is 51.0 Å². The van der Waals surface area contributed by atoms with Gasteiger partial charge in [-0.1, -0.05) is 6.07 Å². The molecule has 0 aromatic carbocycles. The van der Waals surface area contributed by atoms with Gasteiger partial charge in [-0.25, -0.2) is 4.98 Å². The molecule has 0 N–H and O–H groups in total. The van der Waals surface area contributed by atoms with Gasteiger partial charge in [0.25, 0.3) is 0 Å².